The highest BCUT2D eigenvalue weighted by atomic mass is 16.7. The summed E-state index contributed by atoms with van der Waals surface area (Å²) >= 11 is 0. The van der Waals surface area contributed by atoms with Crippen LogP contribution in [-0.4, -0.2) is 35.3 Å². The summed E-state index contributed by atoms with van der Waals surface area (Å²) in [6, 6.07) is 8.06. The zero-order chi connectivity index (χ0) is 20.2. The summed E-state index contributed by atoms with van der Waals surface area (Å²) in [4.78, 5) is 15.0. The largest absolute Gasteiger partial charge is 0.459 e. The molecule has 0 unspecified atom stereocenters. The standard InChI is InChI=1S/C24H33NO4/c1-25(21-5-3-2-4-6-21)24(27)22-13-20(19-11-12-19)14-23(29-22)28-16-18-9-7-17(15-26)8-10-18/h7-10,13,19-21,23,26H,2-6,11-12,14-16H2,1H3/t20-,23+/m0/s1. The van der Waals surface area contributed by atoms with Crippen molar-refractivity contribution >= 4 is 5.91 Å². The van der Waals surface area contributed by atoms with E-state index in [0.29, 0.717) is 30.2 Å². The molecule has 1 heterocycles. The molecule has 0 spiro atoms. The van der Waals surface area contributed by atoms with Crippen LogP contribution in [0.3, 0.4) is 0 Å². The van der Waals surface area contributed by atoms with Crippen LogP contribution in [0.4, 0.5) is 0 Å². The number of carbonyl (C=O) groups is 1. The molecule has 29 heavy (non-hydrogen) atoms. The highest BCUT2D eigenvalue weighted by Crippen LogP contribution is 2.43. The Balaban J connectivity index is 1.39. The minimum absolute atomic E-state index is 0.00292. The van der Waals surface area contributed by atoms with Gasteiger partial charge in [0, 0.05) is 19.5 Å². The molecule has 0 radical (unpaired) electrons. The van der Waals surface area contributed by atoms with Crippen molar-refractivity contribution < 1.29 is 19.4 Å². The average Bonchev–Trinajstić information content (AvgIpc) is 3.63. The second kappa shape index (κ2) is 9.31. The molecule has 1 aliphatic heterocycles. The van der Waals surface area contributed by atoms with Crippen molar-refractivity contribution in [3.8, 4) is 0 Å². The zero-order valence-electron chi connectivity index (χ0n) is 17.4. The molecular weight excluding hydrogens is 366 g/mol. The van der Waals surface area contributed by atoms with E-state index >= 15 is 0 Å². The minimum Gasteiger partial charge on any atom is -0.459 e. The number of aliphatic hydroxyl groups is 1. The monoisotopic (exact) mass is 399 g/mol. The number of nitrogens with zero attached hydrogens (tertiary/aromatic N) is 1. The summed E-state index contributed by atoms with van der Waals surface area (Å²) in [5.74, 6) is 1.51. The maximum atomic E-state index is 13.1. The van der Waals surface area contributed by atoms with Crippen molar-refractivity contribution in [1.29, 1.82) is 0 Å². The van der Waals surface area contributed by atoms with Gasteiger partial charge in [0.2, 0.25) is 6.29 Å². The van der Waals surface area contributed by atoms with Crippen LogP contribution in [0.2, 0.25) is 0 Å². The SMILES string of the molecule is CN(C(=O)C1=C[C@H](C2CC2)C[C@H](OCc2ccc(CO)cc2)O1)C1CCCCC1. The molecule has 158 valence electrons. The molecule has 0 saturated heterocycles. The number of hydrogen-bond acceptors (Lipinski definition) is 4. The van der Waals surface area contributed by atoms with Gasteiger partial charge in [0.1, 0.15) is 0 Å². The lowest BCUT2D eigenvalue weighted by molar-refractivity contribution is -0.160. The normalized spacial score (nSPS) is 25.2. The number of ether oxygens (including phenoxy) is 2. The van der Waals surface area contributed by atoms with Gasteiger partial charge in [-0.1, -0.05) is 43.5 Å². The van der Waals surface area contributed by atoms with Crippen LogP contribution in [0.5, 0.6) is 0 Å². The summed E-state index contributed by atoms with van der Waals surface area (Å²) in [5, 5.41) is 9.18. The molecule has 1 N–H and O–H groups in total. The Morgan fingerprint density at radius 1 is 1.10 bits per heavy atom. The fraction of sp³-hybridized carbons (Fsp3) is 0.625. The van der Waals surface area contributed by atoms with Gasteiger partial charge in [0.15, 0.2) is 5.76 Å². The molecule has 1 aromatic rings. The molecule has 1 amide bonds. The first-order valence-electron chi connectivity index (χ1n) is 11.1. The number of carbonyl (C=O) groups excluding carboxylic acids is 1. The Bertz CT molecular complexity index is 719. The first-order chi connectivity index (χ1) is 14.1. The smallest absolute Gasteiger partial charge is 0.288 e. The summed E-state index contributed by atoms with van der Waals surface area (Å²) in [5.41, 5.74) is 1.92. The Kier molecular flexibility index (Phi) is 6.56. The third-order valence-electron chi connectivity index (χ3n) is 6.61. The van der Waals surface area contributed by atoms with Crippen molar-refractivity contribution in [2.75, 3.05) is 7.05 Å². The lowest BCUT2D eigenvalue weighted by atomic mass is 9.93. The van der Waals surface area contributed by atoms with E-state index in [9.17, 15) is 9.90 Å². The topological polar surface area (TPSA) is 59.0 Å². The van der Waals surface area contributed by atoms with Crippen LogP contribution in [0.1, 0.15) is 62.5 Å². The Labute approximate surface area is 173 Å². The van der Waals surface area contributed by atoms with Crippen LogP contribution in [-0.2, 0) is 27.5 Å². The number of aliphatic hydroxyl groups excluding tert-OH is 1. The first kappa shape index (κ1) is 20.4. The van der Waals surface area contributed by atoms with Crippen molar-refractivity contribution in [3.05, 3.63) is 47.2 Å². The van der Waals surface area contributed by atoms with E-state index in [1.807, 2.05) is 36.2 Å². The molecular formula is C24H33NO4. The molecule has 2 aliphatic carbocycles. The van der Waals surface area contributed by atoms with Crippen LogP contribution in [0.15, 0.2) is 36.1 Å². The molecule has 0 aromatic heterocycles. The third kappa shape index (κ3) is 5.20. The fourth-order valence-corrected chi connectivity index (χ4v) is 4.53. The van der Waals surface area contributed by atoms with E-state index < -0.39 is 0 Å². The summed E-state index contributed by atoms with van der Waals surface area (Å²) in [7, 11) is 1.92. The summed E-state index contributed by atoms with van der Waals surface area (Å²) in [6.07, 6.45) is 10.8. The van der Waals surface area contributed by atoms with Gasteiger partial charge in [-0.05, 0) is 54.7 Å². The average molecular weight is 400 g/mol. The van der Waals surface area contributed by atoms with Crippen molar-refractivity contribution in [2.45, 2.75) is 76.9 Å². The van der Waals surface area contributed by atoms with Gasteiger partial charge in [0.05, 0.1) is 13.2 Å². The van der Waals surface area contributed by atoms with Crippen molar-refractivity contribution in [1.82, 2.24) is 4.90 Å². The molecule has 1 aromatic carbocycles. The number of amides is 1. The molecule has 5 nitrogen and oxygen atoms in total. The molecule has 2 atom stereocenters. The Morgan fingerprint density at radius 2 is 1.79 bits per heavy atom. The third-order valence-corrected chi connectivity index (χ3v) is 6.61. The summed E-state index contributed by atoms with van der Waals surface area (Å²) < 4.78 is 12.1. The molecule has 3 aliphatic rings. The quantitative estimate of drug-likeness (QED) is 0.749. The minimum atomic E-state index is -0.387. The molecule has 4 rings (SSSR count). The van der Waals surface area contributed by atoms with Crippen LogP contribution in [0, 0.1) is 11.8 Å². The second-order valence-corrected chi connectivity index (χ2v) is 8.81. The van der Waals surface area contributed by atoms with Crippen molar-refractivity contribution in [3.63, 3.8) is 0 Å². The van der Waals surface area contributed by atoms with Gasteiger partial charge in [-0.3, -0.25) is 4.79 Å². The van der Waals surface area contributed by atoms with Gasteiger partial charge >= 0.3 is 0 Å². The Hall–Kier alpha value is -1.85. The van der Waals surface area contributed by atoms with Gasteiger partial charge in [0.25, 0.3) is 5.91 Å². The van der Waals surface area contributed by atoms with Gasteiger partial charge in [-0.2, -0.15) is 0 Å². The highest BCUT2D eigenvalue weighted by molar-refractivity contribution is 5.91. The number of rotatable bonds is 7. The van der Waals surface area contributed by atoms with Gasteiger partial charge in [-0.15, -0.1) is 0 Å². The molecule has 2 saturated carbocycles. The fourth-order valence-electron chi connectivity index (χ4n) is 4.53. The number of hydrogen-bond donors (Lipinski definition) is 1. The van der Waals surface area contributed by atoms with E-state index in [-0.39, 0.29) is 18.8 Å². The predicted octanol–water partition coefficient (Wildman–Crippen LogP) is 4.14. The number of likely N-dealkylation sites (N-methyl/N-ethyl adjacent to an activating group) is 1. The summed E-state index contributed by atoms with van der Waals surface area (Å²) in [6.45, 7) is 0.481. The van der Waals surface area contributed by atoms with Crippen LogP contribution in [0.25, 0.3) is 0 Å². The van der Waals surface area contributed by atoms with Gasteiger partial charge in [-0.25, -0.2) is 0 Å². The molecule has 0 bridgehead atoms. The van der Waals surface area contributed by atoms with E-state index in [2.05, 4.69) is 6.08 Å². The lowest BCUT2D eigenvalue weighted by Gasteiger charge is -2.34. The zero-order valence-corrected chi connectivity index (χ0v) is 17.4. The number of benzene rings is 1. The van der Waals surface area contributed by atoms with E-state index in [1.165, 1.54) is 32.1 Å². The number of allylic oxidation sites excluding steroid dienone is 1. The van der Waals surface area contributed by atoms with Gasteiger partial charge < -0.3 is 19.5 Å². The maximum absolute atomic E-state index is 13.1. The lowest BCUT2D eigenvalue weighted by Crippen LogP contribution is -2.41. The highest BCUT2D eigenvalue weighted by Gasteiger charge is 2.38. The van der Waals surface area contributed by atoms with E-state index in [4.69, 9.17) is 9.47 Å². The van der Waals surface area contributed by atoms with Crippen LogP contribution < -0.4 is 0 Å². The van der Waals surface area contributed by atoms with Crippen molar-refractivity contribution in [2.24, 2.45) is 11.8 Å². The predicted molar refractivity (Wildman–Crippen MR) is 111 cm³/mol. The molecule has 2 fully saturated rings. The maximum Gasteiger partial charge on any atom is 0.288 e. The second-order valence-electron chi connectivity index (χ2n) is 8.81. The van der Waals surface area contributed by atoms with E-state index in [0.717, 1.165) is 30.4 Å². The Morgan fingerprint density at radius 3 is 2.45 bits per heavy atom. The van der Waals surface area contributed by atoms with Crippen LogP contribution >= 0.6 is 0 Å². The van der Waals surface area contributed by atoms with E-state index in [1.54, 1.807) is 0 Å². The first-order valence-corrected chi connectivity index (χ1v) is 11.1. The molecule has 5 heteroatoms.